The van der Waals surface area contributed by atoms with Crippen LogP contribution in [-0.4, -0.2) is 31.2 Å². The van der Waals surface area contributed by atoms with Crippen LogP contribution in [-0.2, 0) is 4.79 Å². The highest BCUT2D eigenvalue weighted by Crippen LogP contribution is 2.28. The molecule has 0 saturated heterocycles. The summed E-state index contributed by atoms with van der Waals surface area (Å²) >= 11 is 0. The second-order valence-corrected chi connectivity index (χ2v) is 5.39. The second kappa shape index (κ2) is 6.41. The van der Waals surface area contributed by atoms with Crippen molar-refractivity contribution in [2.24, 2.45) is 11.8 Å². The minimum atomic E-state index is -4.34. The van der Waals surface area contributed by atoms with Crippen molar-refractivity contribution in [2.75, 3.05) is 13.1 Å². The number of carbonyl (C=O) groups excluding carboxylic acids is 1. The van der Waals surface area contributed by atoms with E-state index in [0.29, 0.717) is 11.8 Å². The Morgan fingerprint density at radius 3 is 2.22 bits per heavy atom. The summed E-state index contributed by atoms with van der Waals surface area (Å²) in [7, 11) is 0. The maximum absolute atomic E-state index is 11.9. The number of halogens is 3. The average molecular weight is 266 g/mol. The van der Waals surface area contributed by atoms with Gasteiger partial charge in [0.25, 0.3) is 0 Å². The van der Waals surface area contributed by atoms with Crippen LogP contribution in [0.3, 0.4) is 0 Å². The van der Waals surface area contributed by atoms with E-state index >= 15 is 0 Å². The molecule has 1 amide bonds. The molecule has 0 aliphatic heterocycles. The predicted molar refractivity (Wildman–Crippen MR) is 63.0 cm³/mol. The number of amides is 1. The van der Waals surface area contributed by atoms with Crippen molar-refractivity contribution in [2.45, 2.75) is 45.3 Å². The van der Waals surface area contributed by atoms with Crippen molar-refractivity contribution in [3.8, 4) is 0 Å². The smallest absolute Gasteiger partial charge is 0.346 e. The van der Waals surface area contributed by atoms with Gasteiger partial charge in [0.15, 0.2) is 0 Å². The van der Waals surface area contributed by atoms with Crippen LogP contribution in [0.5, 0.6) is 0 Å². The number of alkyl halides is 3. The van der Waals surface area contributed by atoms with Crippen molar-refractivity contribution < 1.29 is 18.0 Å². The maximum atomic E-state index is 11.9. The van der Waals surface area contributed by atoms with E-state index in [1.54, 1.807) is 0 Å². The Labute approximate surface area is 106 Å². The SMILES string of the molecule is CC1CC(C)CC(NCC(=O)NCC(F)(F)F)C1. The van der Waals surface area contributed by atoms with Gasteiger partial charge in [-0.15, -0.1) is 0 Å². The Kier molecular flexibility index (Phi) is 5.44. The quantitative estimate of drug-likeness (QED) is 0.818. The first-order valence-electron chi connectivity index (χ1n) is 6.33. The molecule has 1 fully saturated rings. The molecule has 1 saturated carbocycles. The van der Waals surface area contributed by atoms with Gasteiger partial charge in [0.05, 0.1) is 6.54 Å². The third kappa shape index (κ3) is 6.23. The number of rotatable bonds is 4. The summed E-state index contributed by atoms with van der Waals surface area (Å²) in [5.41, 5.74) is 0. The third-order valence-corrected chi connectivity index (χ3v) is 3.22. The van der Waals surface area contributed by atoms with E-state index in [2.05, 4.69) is 19.2 Å². The Balaban J connectivity index is 2.21. The van der Waals surface area contributed by atoms with E-state index in [1.807, 2.05) is 5.32 Å². The van der Waals surface area contributed by atoms with E-state index in [-0.39, 0.29) is 12.6 Å². The van der Waals surface area contributed by atoms with Crippen LogP contribution in [0.25, 0.3) is 0 Å². The molecular formula is C12H21F3N2O. The zero-order chi connectivity index (χ0) is 13.8. The molecule has 2 atom stereocenters. The molecule has 106 valence electrons. The van der Waals surface area contributed by atoms with Gasteiger partial charge >= 0.3 is 6.18 Å². The van der Waals surface area contributed by atoms with Gasteiger partial charge in [0.2, 0.25) is 5.91 Å². The summed E-state index contributed by atoms with van der Waals surface area (Å²) < 4.78 is 35.6. The van der Waals surface area contributed by atoms with Crippen molar-refractivity contribution >= 4 is 5.91 Å². The van der Waals surface area contributed by atoms with Crippen LogP contribution >= 0.6 is 0 Å². The Hall–Kier alpha value is -0.780. The topological polar surface area (TPSA) is 41.1 Å². The molecule has 1 aliphatic carbocycles. The number of hydrogen-bond acceptors (Lipinski definition) is 2. The molecule has 3 nitrogen and oxygen atoms in total. The van der Waals surface area contributed by atoms with Gasteiger partial charge in [0, 0.05) is 6.04 Å². The first kappa shape index (κ1) is 15.3. The lowest BCUT2D eigenvalue weighted by atomic mass is 9.80. The summed E-state index contributed by atoms with van der Waals surface area (Å²) in [4.78, 5) is 11.2. The predicted octanol–water partition coefficient (Wildman–Crippen LogP) is 2.08. The molecular weight excluding hydrogens is 245 g/mol. The lowest BCUT2D eigenvalue weighted by Gasteiger charge is -2.31. The molecule has 0 aromatic carbocycles. The normalized spacial score (nSPS) is 29.1. The van der Waals surface area contributed by atoms with Crippen molar-refractivity contribution in [1.82, 2.24) is 10.6 Å². The van der Waals surface area contributed by atoms with E-state index in [1.165, 1.54) is 6.42 Å². The zero-order valence-electron chi connectivity index (χ0n) is 10.8. The summed E-state index contributed by atoms with van der Waals surface area (Å²) in [6.07, 6.45) is -1.20. The number of hydrogen-bond donors (Lipinski definition) is 2. The van der Waals surface area contributed by atoms with E-state index in [4.69, 9.17) is 0 Å². The average Bonchev–Trinajstić information content (AvgIpc) is 2.21. The Bertz CT molecular complexity index is 271. The first-order valence-corrected chi connectivity index (χ1v) is 6.33. The van der Waals surface area contributed by atoms with Crippen molar-refractivity contribution in [1.29, 1.82) is 0 Å². The minimum Gasteiger partial charge on any atom is -0.346 e. The van der Waals surface area contributed by atoms with Gasteiger partial charge < -0.3 is 10.6 Å². The fourth-order valence-corrected chi connectivity index (χ4v) is 2.61. The molecule has 18 heavy (non-hydrogen) atoms. The lowest BCUT2D eigenvalue weighted by molar-refractivity contribution is -0.138. The summed E-state index contributed by atoms with van der Waals surface area (Å²) in [5, 5.41) is 4.90. The highest BCUT2D eigenvalue weighted by molar-refractivity contribution is 5.78. The van der Waals surface area contributed by atoms with Gasteiger partial charge in [-0.2, -0.15) is 13.2 Å². The molecule has 0 spiro atoms. The lowest BCUT2D eigenvalue weighted by Crippen LogP contribution is -2.44. The van der Waals surface area contributed by atoms with Gasteiger partial charge in [0.1, 0.15) is 6.54 Å². The zero-order valence-corrected chi connectivity index (χ0v) is 10.8. The van der Waals surface area contributed by atoms with E-state index < -0.39 is 18.6 Å². The van der Waals surface area contributed by atoms with Crippen molar-refractivity contribution in [3.63, 3.8) is 0 Å². The van der Waals surface area contributed by atoms with E-state index in [0.717, 1.165) is 12.8 Å². The largest absolute Gasteiger partial charge is 0.405 e. The summed E-state index contributed by atoms with van der Waals surface area (Å²) in [5.74, 6) is 0.604. The van der Waals surface area contributed by atoms with Gasteiger partial charge in [-0.05, 0) is 31.1 Å². The Morgan fingerprint density at radius 1 is 1.17 bits per heavy atom. The van der Waals surface area contributed by atoms with Gasteiger partial charge in [-0.25, -0.2) is 0 Å². The fourth-order valence-electron chi connectivity index (χ4n) is 2.61. The summed E-state index contributed by atoms with van der Waals surface area (Å²) in [6, 6.07) is 0.236. The van der Waals surface area contributed by atoms with Gasteiger partial charge in [-0.1, -0.05) is 13.8 Å². The van der Waals surface area contributed by atoms with Crippen LogP contribution in [0, 0.1) is 11.8 Å². The first-order chi connectivity index (χ1) is 8.26. The second-order valence-electron chi connectivity index (χ2n) is 5.39. The molecule has 0 aromatic heterocycles. The molecule has 2 unspecified atom stereocenters. The van der Waals surface area contributed by atoms with Crippen LogP contribution in [0.1, 0.15) is 33.1 Å². The number of carbonyl (C=O) groups is 1. The van der Waals surface area contributed by atoms with Crippen LogP contribution in [0.15, 0.2) is 0 Å². The molecule has 1 rings (SSSR count). The molecule has 0 heterocycles. The van der Waals surface area contributed by atoms with Crippen LogP contribution < -0.4 is 10.6 Å². The number of nitrogens with one attached hydrogen (secondary N) is 2. The highest BCUT2D eigenvalue weighted by atomic mass is 19.4. The highest BCUT2D eigenvalue weighted by Gasteiger charge is 2.28. The maximum Gasteiger partial charge on any atom is 0.405 e. The van der Waals surface area contributed by atoms with Gasteiger partial charge in [-0.3, -0.25) is 4.79 Å². The standard InChI is InChI=1S/C12H21F3N2O/c1-8-3-9(2)5-10(4-8)16-6-11(18)17-7-12(13,14)15/h8-10,16H,3-7H2,1-2H3,(H,17,18). The molecule has 0 radical (unpaired) electrons. The van der Waals surface area contributed by atoms with Crippen LogP contribution in [0.2, 0.25) is 0 Å². The summed E-state index contributed by atoms with van der Waals surface area (Å²) in [6.45, 7) is 3.02. The molecule has 2 N–H and O–H groups in total. The molecule has 0 aromatic rings. The molecule has 1 aliphatic rings. The Morgan fingerprint density at radius 2 is 1.72 bits per heavy atom. The van der Waals surface area contributed by atoms with Crippen molar-refractivity contribution in [3.05, 3.63) is 0 Å². The minimum absolute atomic E-state index is 0.0415. The third-order valence-electron chi connectivity index (χ3n) is 3.22. The fraction of sp³-hybridized carbons (Fsp3) is 0.917. The molecule has 6 heteroatoms. The van der Waals surface area contributed by atoms with E-state index in [9.17, 15) is 18.0 Å². The monoisotopic (exact) mass is 266 g/mol. The molecule has 0 bridgehead atoms. The van der Waals surface area contributed by atoms with Crippen LogP contribution in [0.4, 0.5) is 13.2 Å².